The summed E-state index contributed by atoms with van der Waals surface area (Å²) in [4.78, 5) is 16.6. The number of hydrogen-bond donors (Lipinski definition) is 1. The van der Waals surface area contributed by atoms with Gasteiger partial charge in [0.05, 0.1) is 10.3 Å². The molecule has 0 aliphatic carbocycles. The van der Waals surface area contributed by atoms with Crippen LogP contribution >= 0.6 is 11.3 Å². The maximum absolute atomic E-state index is 11.4. The van der Waals surface area contributed by atoms with Crippen molar-refractivity contribution in [3.8, 4) is 10.7 Å². The van der Waals surface area contributed by atoms with Crippen molar-refractivity contribution >= 4 is 17.3 Å². The Kier molecular flexibility index (Phi) is 3.99. The van der Waals surface area contributed by atoms with E-state index >= 15 is 0 Å². The van der Waals surface area contributed by atoms with Crippen molar-refractivity contribution in [2.45, 2.75) is 33.1 Å². The minimum absolute atomic E-state index is 0.272. The summed E-state index contributed by atoms with van der Waals surface area (Å²) < 4.78 is 5.18. The van der Waals surface area contributed by atoms with Gasteiger partial charge in [0.2, 0.25) is 11.7 Å². The average Bonchev–Trinajstić information content (AvgIpc) is 3.06. The number of hydrogen-bond acceptors (Lipinski definition) is 5. The minimum atomic E-state index is -0.820. The summed E-state index contributed by atoms with van der Waals surface area (Å²) in [6.45, 7) is 3.74. The van der Waals surface area contributed by atoms with Gasteiger partial charge in [-0.25, -0.2) is 0 Å². The molecule has 2 rings (SSSR count). The first-order valence-corrected chi connectivity index (χ1v) is 7.09. The molecule has 2 aromatic rings. The molecular weight excluding hydrogens is 264 g/mol. The normalized spacial score (nSPS) is 11.7. The van der Waals surface area contributed by atoms with E-state index in [1.54, 1.807) is 0 Å². The smallest absolute Gasteiger partial charge is 0.310 e. The highest BCUT2D eigenvalue weighted by atomic mass is 32.1. The maximum Gasteiger partial charge on any atom is 0.310 e. The highest BCUT2D eigenvalue weighted by Gasteiger charge is 2.37. The van der Waals surface area contributed by atoms with Crippen LogP contribution in [0.5, 0.6) is 0 Å². The molecule has 0 bridgehead atoms. The average molecular weight is 280 g/mol. The predicted molar refractivity (Wildman–Crippen MR) is 72.0 cm³/mol. The van der Waals surface area contributed by atoms with Crippen molar-refractivity contribution in [3.63, 3.8) is 0 Å². The third kappa shape index (κ3) is 2.68. The molecule has 0 aliphatic rings. The topological polar surface area (TPSA) is 76.2 Å². The number of aliphatic carboxylic acids is 1. The largest absolute Gasteiger partial charge is 0.481 e. The summed E-state index contributed by atoms with van der Waals surface area (Å²) in [5.41, 5.74) is -0.820. The van der Waals surface area contributed by atoms with Crippen LogP contribution in [0.15, 0.2) is 22.0 Å². The zero-order valence-corrected chi connectivity index (χ0v) is 11.7. The van der Waals surface area contributed by atoms with E-state index < -0.39 is 11.4 Å². The van der Waals surface area contributed by atoms with E-state index in [-0.39, 0.29) is 6.42 Å². The fraction of sp³-hybridized carbons (Fsp3) is 0.462. The van der Waals surface area contributed by atoms with Crippen LogP contribution in [0.3, 0.4) is 0 Å². The number of carboxylic acids is 1. The summed E-state index contributed by atoms with van der Waals surface area (Å²) in [7, 11) is 0. The maximum atomic E-state index is 11.4. The Balaban J connectivity index is 2.22. The molecule has 0 aromatic carbocycles. The molecule has 19 heavy (non-hydrogen) atoms. The zero-order valence-electron chi connectivity index (χ0n) is 10.9. The van der Waals surface area contributed by atoms with Crippen LogP contribution in [0.1, 0.15) is 32.6 Å². The number of aromatic nitrogens is 2. The fourth-order valence-corrected chi connectivity index (χ4v) is 2.65. The molecular formula is C13H16N2O3S. The number of carbonyl (C=O) groups is 1. The zero-order chi connectivity index (χ0) is 13.9. The Bertz CT molecular complexity index is 544. The Labute approximate surface area is 115 Å². The Morgan fingerprint density at radius 1 is 1.47 bits per heavy atom. The lowest BCUT2D eigenvalue weighted by Crippen LogP contribution is -2.32. The first-order chi connectivity index (χ1) is 9.11. The van der Waals surface area contributed by atoms with Crippen LogP contribution in [0, 0.1) is 5.41 Å². The number of rotatable bonds is 6. The van der Waals surface area contributed by atoms with Crippen molar-refractivity contribution < 1.29 is 14.4 Å². The Morgan fingerprint density at radius 2 is 2.21 bits per heavy atom. The number of thiophene rings is 1. The van der Waals surface area contributed by atoms with E-state index in [1.165, 1.54) is 11.3 Å². The van der Waals surface area contributed by atoms with Gasteiger partial charge in [0.25, 0.3) is 0 Å². The van der Waals surface area contributed by atoms with Gasteiger partial charge in [-0.1, -0.05) is 25.1 Å². The van der Waals surface area contributed by atoms with Gasteiger partial charge in [0.1, 0.15) is 0 Å². The second-order valence-corrected chi connectivity index (χ2v) is 5.41. The summed E-state index contributed by atoms with van der Waals surface area (Å²) in [6.07, 6.45) is 1.35. The first kappa shape index (κ1) is 13.7. The second kappa shape index (κ2) is 5.52. The van der Waals surface area contributed by atoms with Gasteiger partial charge in [-0.3, -0.25) is 4.79 Å². The van der Waals surface area contributed by atoms with Crippen LogP contribution in [-0.4, -0.2) is 21.2 Å². The number of carboxylic acid groups (broad SMARTS) is 1. The van der Waals surface area contributed by atoms with Crippen molar-refractivity contribution in [2.75, 3.05) is 0 Å². The molecule has 0 saturated heterocycles. The lowest BCUT2D eigenvalue weighted by atomic mass is 9.79. The van der Waals surface area contributed by atoms with E-state index in [2.05, 4.69) is 10.1 Å². The summed E-state index contributed by atoms with van der Waals surface area (Å²) in [5, 5.41) is 15.2. The van der Waals surface area contributed by atoms with Gasteiger partial charge in [-0.15, -0.1) is 11.3 Å². The molecule has 0 amide bonds. The molecule has 0 radical (unpaired) electrons. The SMILES string of the molecule is CCC(CC)(Cc1nc(-c2cccs2)no1)C(=O)O. The Morgan fingerprint density at radius 3 is 2.74 bits per heavy atom. The van der Waals surface area contributed by atoms with Gasteiger partial charge in [-0.2, -0.15) is 4.98 Å². The lowest BCUT2D eigenvalue weighted by molar-refractivity contribution is -0.149. The van der Waals surface area contributed by atoms with Crippen LogP contribution in [-0.2, 0) is 11.2 Å². The van der Waals surface area contributed by atoms with E-state index in [9.17, 15) is 9.90 Å². The molecule has 6 heteroatoms. The monoisotopic (exact) mass is 280 g/mol. The van der Waals surface area contributed by atoms with Crippen LogP contribution in [0.4, 0.5) is 0 Å². The minimum Gasteiger partial charge on any atom is -0.481 e. The van der Waals surface area contributed by atoms with Crippen LogP contribution in [0.2, 0.25) is 0 Å². The molecule has 2 heterocycles. The van der Waals surface area contributed by atoms with Gasteiger partial charge in [0, 0.05) is 6.42 Å². The van der Waals surface area contributed by atoms with Crippen LogP contribution < -0.4 is 0 Å². The quantitative estimate of drug-likeness (QED) is 0.879. The third-order valence-electron chi connectivity index (χ3n) is 3.51. The molecule has 0 spiro atoms. The van der Waals surface area contributed by atoms with E-state index in [0.717, 1.165) is 4.88 Å². The van der Waals surface area contributed by atoms with Crippen molar-refractivity contribution in [1.29, 1.82) is 0 Å². The summed E-state index contributed by atoms with van der Waals surface area (Å²) >= 11 is 1.52. The molecule has 2 aromatic heterocycles. The number of nitrogens with zero attached hydrogens (tertiary/aromatic N) is 2. The lowest BCUT2D eigenvalue weighted by Gasteiger charge is -2.24. The van der Waals surface area contributed by atoms with Gasteiger partial charge < -0.3 is 9.63 Å². The summed E-state index contributed by atoms with van der Waals surface area (Å²) in [5.74, 6) is 0.0966. The van der Waals surface area contributed by atoms with Gasteiger partial charge >= 0.3 is 5.97 Å². The molecule has 102 valence electrons. The van der Waals surface area contributed by atoms with E-state index in [1.807, 2.05) is 31.4 Å². The third-order valence-corrected chi connectivity index (χ3v) is 4.37. The molecule has 0 atom stereocenters. The van der Waals surface area contributed by atoms with Crippen molar-refractivity contribution in [2.24, 2.45) is 5.41 Å². The summed E-state index contributed by atoms with van der Waals surface area (Å²) in [6, 6.07) is 3.82. The van der Waals surface area contributed by atoms with Crippen molar-refractivity contribution in [3.05, 3.63) is 23.4 Å². The van der Waals surface area contributed by atoms with Gasteiger partial charge in [0.15, 0.2) is 0 Å². The highest BCUT2D eigenvalue weighted by molar-refractivity contribution is 7.13. The second-order valence-electron chi connectivity index (χ2n) is 4.46. The molecule has 0 aliphatic heterocycles. The first-order valence-electron chi connectivity index (χ1n) is 6.21. The molecule has 0 saturated carbocycles. The van der Waals surface area contributed by atoms with Gasteiger partial charge in [-0.05, 0) is 24.3 Å². The van der Waals surface area contributed by atoms with E-state index in [4.69, 9.17) is 4.52 Å². The predicted octanol–water partition coefficient (Wildman–Crippen LogP) is 3.23. The fourth-order valence-electron chi connectivity index (χ4n) is 2.00. The molecule has 0 fully saturated rings. The molecule has 0 unspecified atom stereocenters. The van der Waals surface area contributed by atoms with E-state index in [0.29, 0.717) is 24.6 Å². The molecule has 1 N–H and O–H groups in total. The molecule has 5 nitrogen and oxygen atoms in total. The highest BCUT2D eigenvalue weighted by Crippen LogP contribution is 2.31. The standard InChI is InChI=1S/C13H16N2O3S/c1-3-13(4-2,12(16)17)8-10-14-11(15-18-10)9-6-5-7-19-9/h5-7H,3-4,8H2,1-2H3,(H,16,17). The Hall–Kier alpha value is -1.69. The van der Waals surface area contributed by atoms with Crippen LogP contribution in [0.25, 0.3) is 10.7 Å². The van der Waals surface area contributed by atoms with Crippen molar-refractivity contribution in [1.82, 2.24) is 10.1 Å².